The number of esters is 1. The number of amides is 3. The topological polar surface area (TPSA) is 124 Å². The van der Waals surface area contributed by atoms with E-state index >= 15 is 0 Å². The van der Waals surface area contributed by atoms with E-state index in [1.807, 2.05) is 65.0 Å². The van der Waals surface area contributed by atoms with Gasteiger partial charge in [0, 0.05) is 34.2 Å². The molecule has 254 valence electrons. The summed E-state index contributed by atoms with van der Waals surface area (Å²) < 4.78 is 22.3. The fraction of sp³-hybridized carbons (Fsp3) is 0.706. The van der Waals surface area contributed by atoms with Crippen molar-refractivity contribution in [1.82, 2.24) is 15.1 Å². The highest BCUT2D eigenvalue weighted by atomic mass is 16.6. The lowest BCUT2D eigenvalue weighted by atomic mass is 9.90. The minimum atomic E-state index is -0.868. The van der Waals surface area contributed by atoms with Gasteiger partial charge < -0.3 is 34.1 Å². The smallest absolute Gasteiger partial charge is 0.410 e. The van der Waals surface area contributed by atoms with Crippen molar-refractivity contribution < 1.29 is 38.1 Å². The van der Waals surface area contributed by atoms with Gasteiger partial charge in [-0.05, 0) is 45.1 Å². The van der Waals surface area contributed by atoms with E-state index in [9.17, 15) is 19.2 Å². The van der Waals surface area contributed by atoms with Crippen LogP contribution in [0.4, 0.5) is 4.79 Å². The van der Waals surface area contributed by atoms with Gasteiger partial charge in [0.25, 0.3) is 0 Å². The number of hydrogen-bond acceptors (Lipinski definition) is 8. The van der Waals surface area contributed by atoms with Gasteiger partial charge in [0.15, 0.2) is 0 Å². The first-order chi connectivity index (χ1) is 21.2. The van der Waals surface area contributed by atoms with E-state index in [4.69, 9.17) is 18.9 Å². The van der Waals surface area contributed by atoms with Crippen LogP contribution in [-0.4, -0.2) is 105 Å². The first-order valence-electron chi connectivity index (χ1n) is 15.9. The zero-order valence-electron chi connectivity index (χ0n) is 28.8. The Kier molecular flexibility index (Phi) is 14.8. The molecule has 11 nitrogen and oxygen atoms in total. The lowest BCUT2D eigenvalue weighted by Crippen LogP contribution is -2.54. The van der Waals surface area contributed by atoms with Gasteiger partial charge in [-0.15, -0.1) is 0 Å². The summed E-state index contributed by atoms with van der Waals surface area (Å²) >= 11 is 0. The number of methoxy groups -OCH3 is 3. The van der Waals surface area contributed by atoms with Crippen molar-refractivity contribution in [3.63, 3.8) is 0 Å². The van der Waals surface area contributed by atoms with Crippen molar-refractivity contribution in [2.45, 2.75) is 110 Å². The molecular weight excluding hydrogens is 578 g/mol. The van der Waals surface area contributed by atoms with Crippen molar-refractivity contribution in [2.24, 2.45) is 11.8 Å². The molecule has 2 rings (SSSR count). The summed E-state index contributed by atoms with van der Waals surface area (Å²) in [6.07, 6.45) is 0.864. The molecule has 1 aromatic rings. The molecule has 1 heterocycles. The van der Waals surface area contributed by atoms with E-state index in [2.05, 4.69) is 5.32 Å². The monoisotopic (exact) mass is 633 g/mol. The molecule has 0 unspecified atom stereocenters. The van der Waals surface area contributed by atoms with Crippen molar-refractivity contribution in [3.05, 3.63) is 35.9 Å². The molecule has 7 atom stereocenters. The van der Waals surface area contributed by atoms with Crippen LogP contribution in [0.3, 0.4) is 0 Å². The summed E-state index contributed by atoms with van der Waals surface area (Å²) in [6.45, 7) is 11.8. The molecule has 1 saturated heterocycles. The van der Waals surface area contributed by atoms with Crippen LogP contribution < -0.4 is 5.32 Å². The van der Waals surface area contributed by atoms with Gasteiger partial charge >= 0.3 is 12.1 Å². The third-order valence-corrected chi connectivity index (χ3v) is 8.68. The van der Waals surface area contributed by atoms with E-state index in [0.717, 1.165) is 18.4 Å². The van der Waals surface area contributed by atoms with Gasteiger partial charge in [-0.3, -0.25) is 9.59 Å². The van der Waals surface area contributed by atoms with Crippen molar-refractivity contribution >= 4 is 23.9 Å². The molecule has 0 aromatic heterocycles. The minimum absolute atomic E-state index is 0.0312. The third-order valence-electron chi connectivity index (χ3n) is 8.68. The molecule has 45 heavy (non-hydrogen) atoms. The Balaban J connectivity index is 2.21. The number of carbonyl (C=O) groups is 4. The molecule has 1 N–H and O–H groups in total. The summed E-state index contributed by atoms with van der Waals surface area (Å²) in [5, 5.41) is 2.85. The quantitative estimate of drug-likeness (QED) is 0.285. The van der Waals surface area contributed by atoms with E-state index in [1.165, 1.54) is 14.2 Å². The van der Waals surface area contributed by atoms with Gasteiger partial charge in [-0.2, -0.15) is 0 Å². The first kappa shape index (κ1) is 38.0. The number of ether oxygens (including phenoxy) is 4. The van der Waals surface area contributed by atoms with Gasteiger partial charge in [0.05, 0.1) is 43.7 Å². The highest BCUT2D eigenvalue weighted by molar-refractivity contribution is 5.86. The Morgan fingerprint density at radius 3 is 2.22 bits per heavy atom. The molecule has 0 bridgehead atoms. The number of nitrogens with zero attached hydrogens (tertiary/aromatic N) is 2. The maximum absolute atomic E-state index is 13.9. The van der Waals surface area contributed by atoms with Crippen molar-refractivity contribution in [1.29, 1.82) is 0 Å². The highest BCUT2D eigenvalue weighted by Gasteiger charge is 2.42. The second-order valence-corrected chi connectivity index (χ2v) is 13.0. The first-order valence-corrected chi connectivity index (χ1v) is 15.9. The van der Waals surface area contributed by atoms with Crippen LogP contribution >= 0.6 is 0 Å². The van der Waals surface area contributed by atoms with E-state index in [0.29, 0.717) is 13.0 Å². The van der Waals surface area contributed by atoms with Gasteiger partial charge in [-0.1, -0.05) is 57.5 Å². The van der Waals surface area contributed by atoms with Gasteiger partial charge in [-0.25, -0.2) is 9.59 Å². The summed E-state index contributed by atoms with van der Waals surface area (Å²) in [5.41, 5.74) is 0.223. The molecule has 0 spiro atoms. The van der Waals surface area contributed by atoms with E-state index < -0.39 is 47.9 Å². The average Bonchev–Trinajstić information content (AvgIpc) is 3.49. The Hall–Kier alpha value is -3.18. The van der Waals surface area contributed by atoms with Crippen LogP contribution in [0.15, 0.2) is 30.3 Å². The Labute approximate surface area is 269 Å². The number of benzene rings is 1. The SMILES string of the molecule is CC[C@H](C)[C@@H]([C@@H](CC(=O)N1CCC[C@H]1[C@H](OC)[C@@H](C)C(=O)N[C@@H](Cc1ccccc1)C(=O)OC)OC)N(C)C(=O)OC(C)(C)C. The minimum Gasteiger partial charge on any atom is -0.467 e. The third kappa shape index (κ3) is 10.7. The number of likely N-dealkylation sites (N-methyl/N-ethyl adjacent to an activating group) is 1. The van der Waals surface area contributed by atoms with Crippen LogP contribution in [-0.2, 0) is 39.8 Å². The van der Waals surface area contributed by atoms with Crippen molar-refractivity contribution in [3.8, 4) is 0 Å². The lowest BCUT2D eigenvalue weighted by Gasteiger charge is -2.39. The van der Waals surface area contributed by atoms with Gasteiger partial charge in [0.1, 0.15) is 11.6 Å². The molecule has 1 aliphatic rings. The Morgan fingerprint density at radius 2 is 1.69 bits per heavy atom. The fourth-order valence-corrected chi connectivity index (χ4v) is 6.10. The van der Waals surface area contributed by atoms with Crippen LogP contribution in [0.25, 0.3) is 0 Å². The predicted octanol–water partition coefficient (Wildman–Crippen LogP) is 4.22. The normalized spacial score (nSPS) is 19.1. The van der Waals surface area contributed by atoms with Crippen molar-refractivity contribution in [2.75, 3.05) is 34.9 Å². The number of rotatable bonds is 15. The standard InChI is InChI=1S/C34H55N3O8/c1-11-22(2)29(36(7)33(41)45-34(4,5)6)27(42-8)21-28(38)37-19-15-18-26(37)30(43-9)23(3)31(39)35-25(32(40)44-10)20-24-16-13-12-14-17-24/h12-14,16-17,22-23,25-27,29-30H,11,15,18-21H2,1-10H3,(H,35,39)/t22-,23+,25-,26-,27+,29-,30+/m0/s1. The summed E-state index contributed by atoms with van der Waals surface area (Å²) in [7, 11) is 6.06. The van der Waals surface area contributed by atoms with E-state index in [-0.39, 0.29) is 36.6 Å². The van der Waals surface area contributed by atoms with Crippen LogP contribution in [0, 0.1) is 11.8 Å². The molecule has 0 saturated carbocycles. The second-order valence-electron chi connectivity index (χ2n) is 13.0. The molecule has 11 heteroatoms. The maximum Gasteiger partial charge on any atom is 0.410 e. The fourth-order valence-electron chi connectivity index (χ4n) is 6.10. The highest BCUT2D eigenvalue weighted by Crippen LogP contribution is 2.29. The molecule has 1 aromatic carbocycles. The average molecular weight is 634 g/mol. The summed E-state index contributed by atoms with van der Waals surface area (Å²) in [5.74, 6) is -1.67. The zero-order valence-corrected chi connectivity index (χ0v) is 28.8. The molecule has 0 aliphatic carbocycles. The molecule has 0 radical (unpaired) electrons. The van der Waals surface area contributed by atoms with Crippen LogP contribution in [0.1, 0.15) is 72.8 Å². The summed E-state index contributed by atoms with van der Waals surface area (Å²) in [4.78, 5) is 56.2. The number of nitrogens with one attached hydrogen (secondary N) is 1. The molecule has 1 fully saturated rings. The molecular formula is C34H55N3O8. The number of hydrogen-bond donors (Lipinski definition) is 1. The second kappa shape index (κ2) is 17.5. The maximum atomic E-state index is 13.9. The molecule has 3 amide bonds. The Bertz CT molecular complexity index is 1110. The predicted molar refractivity (Wildman–Crippen MR) is 171 cm³/mol. The Morgan fingerprint density at radius 1 is 1.04 bits per heavy atom. The zero-order chi connectivity index (χ0) is 33.9. The molecule has 1 aliphatic heterocycles. The van der Waals surface area contributed by atoms with Crippen LogP contribution in [0.5, 0.6) is 0 Å². The lowest BCUT2D eigenvalue weighted by molar-refractivity contribution is -0.147. The largest absolute Gasteiger partial charge is 0.467 e. The summed E-state index contributed by atoms with van der Waals surface area (Å²) in [6, 6.07) is 7.78. The van der Waals surface area contributed by atoms with Crippen LogP contribution in [0.2, 0.25) is 0 Å². The van der Waals surface area contributed by atoms with E-state index in [1.54, 1.807) is 30.9 Å². The number of likely N-dealkylation sites (tertiary alicyclic amines) is 1. The number of carbonyl (C=O) groups excluding carboxylic acids is 4. The van der Waals surface area contributed by atoms with Gasteiger partial charge in [0.2, 0.25) is 11.8 Å².